The van der Waals surface area contributed by atoms with Crippen LogP contribution < -0.4 is 15.5 Å². The predicted molar refractivity (Wildman–Crippen MR) is 98.6 cm³/mol. The molecule has 2 rings (SSSR count). The Labute approximate surface area is 146 Å². The van der Waals surface area contributed by atoms with Gasteiger partial charge in [-0.3, -0.25) is 14.4 Å². The Bertz CT molecular complexity index is 785. The number of hydrogen-bond acceptors (Lipinski definition) is 3. The van der Waals surface area contributed by atoms with Gasteiger partial charge in [-0.05, 0) is 37.3 Å². The molecule has 25 heavy (non-hydrogen) atoms. The SMILES string of the molecule is CC(=O)Nc1cccc(N(CC(=O)Nc2ccc(C)cc2)C(C)=O)c1. The van der Waals surface area contributed by atoms with Crippen molar-refractivity contribution < 1.29 is 14.4 Å². The maximum atomic E-state index is 12.3. The molecule has 130 valence electrons. The number of hydrogen-bond donors (Lipinski definition) is 2. The molecule has 0 aliphatic rings. The fourth-order valence-electron chi connectivity index (χ4n) is 2.32. The first-order valence-corrected chi connectivity index (χ1v) is 7.87. The van der Waals surface area contributed by atoms with Crippen LogP contribution in [-0.2, 0) is 14.4 Å². The average molecular weight is 339 g/mol. The molecule has 0 aromatic heterocycles. The molecule has 0 saturated heterocycles. The Hall–Kier alpha value is -3.15. The van der Waals surface area contributed by atoms with Crippen LogP contribution in [0.25, 0.3) is 0 Å². The third-order valence-electron chi connectivity index (χ3n) is 3.50. The summed E-state index contributed by atoms with van der Waals surface area (Å²) in [6, 6.07) is 14.2. The lowest BCUT2D eigenvalue weighted by Gasteiger charge is -2.21. The smallest absolute Gasteiger partial charge is 0.244 e. The molecule has 0 bridgehead atoms. The van der Waals surface area contributed by atoms with Crippen LogP contribution in [0.15, 0.2) is 48.5 Å². The second-order valence-corrected chi connectivity index (χ2v) is 5.75. The molecule has 0 aliphatic heterocycles. The van der Waals surface area contributed by atoms with Gasteiger partial charge in [0, 0.05) is 30.9 Å². The monoisotopic (exact) mass is 339 g/mol. The number of anilines is 3. The first-order valence-electron chi connectivity index (χ1n) is 7.87. The zero-order chi connectivity index (χ0) is 18.4. The van der Waals surface area contributed by atoms with Gasteiger partial charge in [0.25, 0.3) is 0 Å². The molecule has 6 heteroatoms. The summed E-state index contributed by atoms with van der Waals surface area (Å²) in [6.45, 7) is 4.65. The van der Waals surface area contributed by atoms with Crippen LogP contribution >= 0.6 is 0 Å². The highest BCUT2D eigenvalue weighted by Gasteiger charge is 2.16. The van der Waals surface area contributed by atoms with Crippen molar-refractivity contribution in [1.82, 2.24) is 0 Å². The van der Waals surface area contributed by atoms with Crippen molar-refractivity contribution in [2.45, 2.75) is 20.8 Å². The zero-order valence-corrected chi connectivity index (χ0v) is 14.5. The van der Waals surface area contributed by atoms with Gasteiger partial charge in [-0.1, -0.05) is 23.8 Å². The van der Waals surface area contributed by atoms with Gasteiger partial charge in [0.05, 0.1) is 0 Å². The van der Waals surface area contributed by atoms with E-state index < -0.39 is 0 Å². The van der Waals surface area contributed by atoms with E-state index in [0.29, 0.717) is 17.1 Å². The van der Waals surface area contributed by atoms with Gasteiger partial charge < -0.3 is 15.5 Å². The Morgan fingerprint density at radius 1 is 0.920 bits per heavy atom. The van der Waals surface area contributed by atoms with Gasteiger partial charge in [-0.15, -0.1) is 0 Å². The molecule has 0 heterocycles. The normalized spacial score (nSPS) is 10.0. The Morgan fingerprint density at radius 2 is 1.60 bits per heavy atom. The van der Waals surface area contributed by atoms with Gasteiger partial charge in [0.15, 0.2) is 0 Å². The maximum Gasteiger partial charge on any atom is 0.244 e. The molecule has 0 spiro atoms. The quantitative estimate of drug-likeness (QED) is 0.879. The van der Waals surface area contributed by atoms with Crippen LogP contribution in [0.1, 0.15) is 19.4 Å². The van der Waals surface area contributed by atoms with Gasteiger partial charge in [0.1, 0.15) is 6.54 Å². The molecule has 0 atom stereocenters. The molecule has 0 radical (unpaired) electrons. The molecule has 2 aromatic carbocycles. The molecule has 0 saturated carbocycles. The number of rotatable bonds is 5. The van der Waals surface area contributed by atoms with Crippen LogP contribution in [0, 0.1) is 6.92 Å². The first kappa shape index (κ1) is 18.2. The summed E-state index contributed by atoms with van der Waals surface area (Å²) >= 11 is 0. The molecule has 0 aliphatic carbocycles. The van der Waals surface area contributed by atoms with Crippen molar-refractivity contribution in [1.29, 1.82) is 0 Å². The van der Waals surface area contributed by atoms with Gasteiger partial charge in [-0.2, -0.15) is 0 Å². The van der Waals surface area contributed by atoms with E-state index >= 15 is 0 Å². The Balaban J connectivity index is 2.12. The van der Waals surface area contributed by atoms with Crippen LogP contribution in [-0.4, -0.2) is 24.3 Å². The first-order chi connectivity index (χ1) is 11.8. The van der Waals surface area contributed by atoms with Crippen LogP contribution in [0.3, 0.4) is 0 Å². The molecule has 6 nitrogen and oxygen atoms in total. The largest absolute Gasteiger partial charge is 0.326 e. The van der Waals surface area contributed by atoms with E-state index in [1.165, 1.54) is 18.7 Å². The van der Waals surface area contributed by atoms with E-state index in [2.05, 4.69) is 10.6 Å². The number of carbonyl (C=O) groups excluding carboxylic acids is 3. The molecule has 0 fully saturated rings. The fraction of sp³-hybridized carbons (Fsp3) is 0.211. The lowest BCUT2D eigenvalue weighted by molar-refractivity contribution is -0.120. The molecular weight excluding hydrogens is 318 g/mol. The van der Waals surface area contributed by atoms with Gasteiger partial charge >= 0.3 is 0 Å². The number of nitrogens with one attached hydrogen (secondary N) is 2. The fourth-order valence-corrected chi connectivity index (χ4v) is 2.32. The third-order valence-corrected chi connectivity index (χ3v) is 3.50. The summed E-state index contributed by atoms with van der Waals surface area (Å²) in [5, 5.41) is 5.43. The maximum absolute atomic E-state index is 12.3. The van der Waals surface area contributed by atoms with Crippen molar-refractivity contribution in [3.8, 4) is 0 Å². The minimum atomic E-state index is -0.302. The van der Waals surface area contributed by atoms with Crippen LogP contribution in [0.5, 0.6) is 0 Å². The van der Waals surface area contributed by atoms with E-state index in [9.17, 15) is 14.4 Å². The second-order valence-electron chi connectivity index (χ2n) is 5.75. The Kier molecular flexibility index (Phi) is 5.89. The molecule has 0 unspecified atom stereocenters. The van der Waals surface area contributed by atoms with Crippen molar-refractivity contribution in [3.05, 3.63) is 54.1 Å². The summed E-state index contributed by atoms with van der Waals surface area (Å²) in [4.78, 5) is 36.8. The van der Waals surface area contributed by atoms with E-state index in [4.69, 9.17) is 0 Å². The topological polar surface area (TPSA) is 78.5 Å². The second kappa shape index (κ2) is 8.10. The highest BCUT2D eigenvalue weighted by molar-refractivity contribution is 6.02. The minimum Gasteiger partial charge on any atom is -0.326 e. The number of aryl methyl sites for hydroxylation is 1. The van der Waals surface area contributed by atoms with Crippen LogP contribution in [0.4, 0.5) is 17.1 Å². The Morgan fingerprint density at radius 3 is 2.20 bits per heavy atom. The number of nitrogens with zero attached hydrogens (tertiary/aromatic N) is 1. The van der Waals surface area contributed by atoms with Gasteiger partial charge in [-0.25, -0.2) is 0 Å². The van der Waals surface area contributed by atoms with E-state index in [1.807, 2.05) is 31.2 Å². The molecule has 2 N–H and O–H groups in total. The van der Waals surface area contributed by atoms with Crippen LogP contribution in [0.2, 0.25) is 0 Å². The highest BCUT2D eigenvalue weighted by Crippen LogP contribution is 2.20. The number of benzene rings is 2. The van der Waals surface area contributed by atoms with Crippen molar-refractivity contribution >= 4 is 34.8 Å². The standard InChI is InChI=1S/C19H21N3O3/c1-13-7-9-16(10-8-13)21-19(25)12-22(15(3)24)18-6-4-5-17(11-18)20-14(2)23/h4-11H,12H2,1-3H3,(H,20,23)(H,21,25). The lowest BCUT2D eigenvalue weighted by Crippen LogP contribution is -2.36. The summed E-state index contributed by atoms with van der Waals surface area (Å²) in [5.74, 6) is -0.772. The van der Waals surface area contributed by atoms with Crippen molar-refractivity contribution in [2.75, 3.05) is 22.1 Å². The van der Waals surface area contributed by atoms with Crippen molar-refractivity contribution in [2.24, 2.45) is 0 Å². The summed E-state index contributed by atoms with van der Waals surface area (Å²) < 4.78 is 0. The molecular formula is C19H21N3O3. The molecule has 3 amide bonds. The average Bonchev–Trinajstić information content (AvgIpc) is 2.54. The minimum absolute atomic E-state index is 0.118. The van der Waals surface area contributed by atoms with E-state index in [1.54, 1.807) is 24.3 Å². The number of amides is 3. The van der Waals surface area contributed by atoms with E-state index in [-0.39, 0.29) is 24.3 Å². The summed E-state index contributed by atoms with van der Waals surface area (Å²) in [6.07, 6.45) is 0. The van der Waals surface area contributed by atoms with E-state index in [0.717, 1.165) is 5.56 Å². The zero-order valence-electron chi connectivity index (χ0n) is 14.5. The van der Waals surface area contributed by atoms with Crippen molar-refractivity contribution in [3.63, 3.8) is 0 Å². The lowest BCUT2D eigenvalue weighted by atomic mass is 10.2. The summed E-state index contributed by atoms with van der Waals surface area (Å²) in [7, 11) is 0. The number of carbonyl (C=O) groups is 3. The predicted octanol–water partition coefficient (Wildman–Crippen LogP) is 2.95. The summed E-state index contributed by atoms with van der Waals surface area (Å²) in [5.41, 5.74) is 2.87. The molecule has 2 aromatic rings. The van der Waals surface area contributed by atoms with Gasteiger partial charge in [0.2, 0.25) is 17.7 Å². The highest BCUT2D eigenvalue weighted by atomic mass is 16.2. The third kappa shape index (κ3) is 5.46.